The first kappa shape index (κ1) is 30.3. The summed E-state index contributed by atoms with van der Waals surface area (Å²) in [7, 11) is 0. The van der Waals surface area contributed by atoms with E-state index in [1.54, 1.807) is 24.4 Å². The molecule has 1 aliphatic carbocycles. The second kappa shape index (κ2) is 12.2. The van der Waals surface area contributed by atoms with Crippen LogP contribution in [0.15, 0.2) is 73.2 Å². The van der Waals surface area contributed by atoms with Gasteiger partial charge in [-0.3, -0.25) is 29.6 Å². The van der Waals surface area contributed by atoms with Gasteiger partial charge in [0.15, 0.2) is 0 Å². The molecule has 2 aromatic heterocycles. The number of imide groups is 1. The van der Waals surface area contributed by atoms with Crippen LogP contribution >= 0.6 is 0 Å². The van der Waals surface area contributed by atoms with Gasteiger partial charge < -0.3 is 10.2 Å². The number of likely N-dealkylation sites (tertiary alicyclic amines) is 1. The second-order valence-corrected chi connectivity index (χ2v) is 13.4. The van der Waals surface area contributed by atoms with Gasteiger partial charge in [-0.05, 0) is 78.5 Å². The molecular weight excluding hydrogens is 609 g/mol. The highest BCUT2D eigenvalue weighted by Gasteiger charge is 2.41. The fourth-order valence-electron chi connectivity index (χ4n) is 7.04. The van der Waals surface area contributed by atoms with Crippen LogP contribution in [-0.2, 0) is 28.3 Å². The van der Waals surface area contributed by atoms with Crippen LogP contribution in [0.25, 0.3) is 11.3 Å². The normalized spacial score (nSPS) is 20.8. The predicted octanol–water partition coefficient (Wildman–Crippen LogP) is 5.38. The fraction of sp³-hybridized carbons (Fsp3) is 0.351. The Bertz CT molecular complexity index is 1870. The summed E-state index contributed by atoms with van der Waals surface area (Å²) >= 11 is 0. The summed E-state index contributed by atoms with van der Waals surface area (Å²) in [4.78, 5) is 54.3. The molecule has 4 aromatic rings. The van der Waals surface area contributed by atoms with E-state index in [0.717, 1.165) is 34.6 Å². The minimum Gasteiger partial charge on any atom is -0.323 e. The van der Waals surface area contributed by atoms with Crippen molar-refractivity contribution in [3.8, 4) is 11.3 Å². The molecule has 1 unspecified atom stereocenters. The van der Waals surface area contributed by atoms with Crippen molar-refractivity contribution in [3.05, 3.63) is 101 Å². The molecule has 2 N–H and O–H groups in total. The summed E-state index contributed by atoms with van der Waals surface area (Å²) in [6.07, 6.45) is 9.24. The van der Waals surface area contributed by atoms with E-state index < -0.39 is 17.6 Å². The third-order valence-corrected chi connectivity index (χ3v) is 10.1. The van der Waals surface area contributed by atoms with Crippen molar-refractivity contribution in [1.82, 2.24) is 30.1 Å². The number of carbonyl (C=O) groups is 3. The van der Waals surface area contributed by atoms with Crippen molar-refractivity contribution in [2.45, 2.75) is 69.2 Å². The number of aromatic nitrogens is 3. The van der Waals surface area contributed by atoms with E-state index in [4.69, 9.17) is 0 Å². The largest absolute Gasteiger partial charge is 0.323 e. The highest BCUT2D eigenvalue weighted by Crippen LogP contribution is 2.40. The lowest BCUT2D eigenvalue weighted by molar-refractivity contribution is -0.136. The van der Waals surface area contributed by atoms with Crippen molar-refractivity contribution < 1.29 is 18.8 Å². The Morgan fingerprint density at radius 3 is 2.35 bits per heavy atom. The molecule has 1 saturated carbocycles. The summed E-state index contributed by atoms with van der Waals surface area (Å²) in [6, 6.07) is 16.8. The molecule has 0 radical (unpaired) electrons. The number of pyridine rings is 1. The molecule has 4 aliphatic rings. The summed E-state index contributed by atoms with van der Waals surface area (Å²) < 4.78 is 16.3. The molecule has 2 aromatic carbocycles. The number of amides is 3. The number of benzene rings is 2. The first-order valence-corrected chi connectivity index (χ1v) is 16.6. The van der Waals surface area contributed by atoms with E-state index in [2.05, 4.69) is 54.8 Å². The number of halogens is 1. The molecule has 11 heteroatoms. The van der Waals surface area contributed by atoms with Gasteiger partial charge in [-0.25, -0.2) is 14.4 Å². The van der Waals surface area contributed by atoms with Crippen LogP contribution in [0.5, 0.6) is 0 Å². The van der Waals surface area contributed by atoms with Crippen molar-refractivity contribution in [1.29, 1.82) is 0 Å². The van der Waals surface area contributed by atoms with E-state index in [0.29, 0.717) is 55.3 Å². The second-order valence-electron chi connectivity index (χ2n) is 13.4. The number of nitrogens with zero attached hydrogens (tertiary/aromatic N) is 5. The van der Waals surface area contributed by atoms with Crippen LogP contribution in [0.2, 0.25) is 0 Å². The molecule has 2 saturated heterocycles. The molecule has 8 rings (SSSR count). The van der Waals surface area contributed by atoms with Gasteiger partial charge >= 0.3 is 0 Å². The summed E-state index contributed by atoms with van der Waals surface area (Å²) in [5.41, 5.74) is 5.39. The highest BCUT2D eigenvalue weighted by molar-refractivity contribution is 6.05. The maximum Gasteiger partial charge on any atom is 0.255 e. The maximum absolute atomic E-state index is 16.3. The summed E-state index contributed by atoms with van der Waals surface area (Å²) in [5.74, 6) is 0.171. The van der Waals surface area contributed by atoms with Gasteiger partial charge in [-0.15, -0.1) is 0 Å². The standard InChI is InChI=1S/C37H36FN7O3/c38-37(28-7-9-30-26(17-28)22-45(35(30)48)32-11-12-33(46)43-34(32)47)13-15-44(16-14-37)21-23-1-3-25(4-2-23)31-10-8-29(20-39-31)42-36-40-18-27(19-41-36)24-5-6-24/h1-4,7-10,17-20,24,32H,5-6,11-16,21-22H2,(H,40,41,42)(H,43,46,47). The van der Waals surface area contributed by atoms with E-state index in [1.807, 2.05) is 24.5 Å². The molecule has 0 bridgehead atoms. The lowest BCUT2D eigenvalue weighted by Crippen LogP contribution is -2.52. The van der Waals surface area contributed by atoms with Crippen LogP contribution in [0.3, 0.4) is 0 Å². The average molecular weight is 646 g/mol. The van der Waals surface area contributed by atoms with Crippen LogP contribution < -0.4 is 10.6 Å². The molecule has 3 aliphatic heterocycles. The zero-order chi connectivity index (χ0) is 32.8. The molecule has 10 nitrogen and oxygen atoms in total. The first-order valence-electron chi connectivity index (χ1n) is 16.6. The number of hydrogen-bond donors (Lipinski definition) is 2. The van der Waals surface area contributed by atoms with Gasteiger partial charge in [0.1, 0.15) is 11.7 Å². The van der Waals surface area contributed by atoms with Crippen molar-refractivity contribution in [2.75, 3.05) is 18.4 Å². The number of anilines is 2. The number of rotatable bonds is 8. The Morgan fingerprint density at radius 2 is 1.67 bits per heavy atom. The van der Waals surface area contributed by atoms with E-state index >= 15 is 4.39 Å². The van der Waals surface area contributed by atoms with E-state index in [9.17, 15) is 14.4 Å². The Labute approximate surface area is 277 Å². The highest BCUT2D eigenvalue weighted by atomic mass is 19.1. The fourth-order valence-corrected chi connectivity index (χ4v) is 7.04. The monoisotopic (exact) mass is 645 g/mol. The predicted molar refractivity (Wildman–Crippen MR) is 177 cm³/mol. The van der Waals surface area contributed by atoms with E-state index in [1.165, 1.54) is 23.3 Å². The number of piperidine rings is 2. The molecule has 3 fully saturated rings. The molecule has 48 heavy (non-hydrogen) atoms. The lowest BCUT2D eigenvalue weighted by Gasteiger charge is -2.37. The minimum atomic E-state index is -1.49. The van der Waals surface area contributed by atoms with Gasteiger partial charge in [-0.2, -0.15) is 0 Å². The zero-order valence-electron chi connectivity index (χ0n) is 26.5. The zero-order valence-corrected chi connectivity index (χ0v) is 26.5. The Balaban J connectivity index is 0.851. The van der Waals surface area contributed by atoms with Crippen LogP contribution in [0.4, 0.5) is 16.0 Å². The Kier molecular flexibility index (Phi) is 7.71. The smallest absolute Gasteiger partial charge is 0.255 e. The molecular formula is C37H36FN7O3. The molecule has 244 valence electrons. The van der Waals surface area contributed by atoms with Gasteiger partial charge in [0.05, 0.1) is 17.6 Å². The van der Waals surface area contributed by atoms with Crippen molar-refractivity contribution in [3.63, 3.8) is 0 Å². The number of alkyl halides is 1. The quantitative estimate of drug-likeness (QED) is 0.245. The lowest BCUT2D eigenvalue weighted by atomic mass is 9.84. The van der Waals surface area contributed by atoms with Crippen molar-refractivity contribution >= 4 is 29.4 Å². The number of carbonyl (C=O) groups excluding carboxylic acids is 3. The van der Waals surface area contributed by atoms with Gasteiger partial charge in [0, 0.05) is 56.1 Å². The van der Waals surface area contributed by atoms with Gasteiger partial charge in [0.2, 0.25) is 17.8 Å². The number of nitrogens with one attached hydrogen (secondary N) is 2. The maximum atomic E-state index is 16.3. The minimum absolute atomic E-state index is 0.200. The van der Waals surface area contributed by atoms with Crippen LogP contribution in [0.1, 0.15) is 77.1 Å². The first-order chi connectivity index (χ1) is 23.3. The molecule has 5 heterocycles. The van der Waals surface area contributed by atoms with Gasteiger partial charge in [0.25, 0.3) is 5.91 Å². The third-order valence-electron chi connectivity index (χ3n) is 10.1. The molecule has 3 amide bonds. The van der Waals surface area contributed by atoms with Crippen molar-refractivity contribution in [2.24, 2.45) is 0 Å². The summed E-state index contributed by atoms with van der Waals surface area (Å²) in [6.45, 7) is 2.19. The third kappa shape index (κ3) is 6.06. The molecule has 0 spiro atoms. The number of fused-ring (bicyclic) bond motifs is 1. The summed E-state index contributed by atoms with van der Waals surface area (Å²) in [5, 5.41) is 5.54. The van der Waals surface area contributed by atoms with Gasteiger partial charge in [-0.1, -0.05) is 36.4 Å². The average Bonchev–Trinajstić information content (AvgIpc) is 3.90. The Morgan fingerprint density at radius 1 is 0.896 bits per heavy atom. The van der Waals surface area contributed by atoms with E-state index in [-0.39, 0.29) is 24.8 Å². The SMILES string of the molecule is O=C1CCC(N2Cc3cc(C4(F)CCN(Cc5ccc(-c6ccc(Nc7ncc(C8CC8)cn7)cn6)cc5)CC4)ccc3C2=O)C(=O)N1. The Hall–Kier alpha value is -5.03. The van der Waals surface area contributed by atoms with Crippen LogP contribution in [0, 0.1) is 0 Å². The molecule has 1 atom stereocenters. The number of hydrogen-bond acceptors (Lipinski definition) is 8. The topological polar surface area (TPSA) is 120 Å². The van der Waals surface area contributed by atoms with Crippen LogP contribution in [-0.4, -0.2) is 61.6 Å².